The van der Waals surface area contributed by atoms with Crippen LogP contribution in [0.25, 0.3) is 11.1 Å². The fraction of sp³-hybridized carbons (Fsp3) is 0.261. The van der Waals surface area contributed by atoms with Crippen molar-refractivity contribution in [3.05, 3.63) is 77.7 Å². The average molecular weight is 425 g/mol. The number of piperazine rings is 1. The van der Waals surface area contributed by atoms with E-state index in [-0.39, 0.29) is 24.8 Å². The van der Waals surface area contributed by atoms with E-state index in [0.29, 0.717) is 18.0 Å². The Morgan fingerprint density at radius 3 is 2.33 bits per heavy atom. The van der Waals surface area contributed by atoms with Crippen LogP contribution >= 0.6 is 0 Å². The Labute approximate surface area is 176 Å². The highest BCUT2D eigenvalue weighted by molar-refractivity contribution is 7.89. The minimum absolute atomic E-state index is 0.220. The molecular weight excluding hydrogens is 400 g/mol. The SMILES string of the molecule is Cc1ccc(C)c(S(=O)(=O)N2CCN(C(=O)c3occc3-c3ccccc3)CC2)c1. The Morgan fingerprint density at radius 2 is 1.63 bits per heavy atom. The minimum atomic E-state index is -3.60. The second-order valence-electron chi connectivity index (χ2n) is 7.49. The maximum Gasteiger partial charge on any atom is 0.290 e. The van der Waals surface area contributed by atoms with Gasteiger partial charge in [-0.3, -0.25) is 4.79 Å². The number of rotatable bonds is 4. The largest absolute Gasteiger partial charge is 0.459 e. The number of nitrogens with zero attached hydrogens (tertiary/aromatic N) is 2. The van der Waals surface area contributed by atoms with Gasteiger partial charge in [-0.25, -0.2) is 8.42 Å². The molecule has 1 aliphatic rings. The Balaban J connectivity index is 1.50. The van der Waals surface area contributed by atoms with Gasteiger partial charge in [-0.15, -0.1) is 0 Å². The lowest BCUT2D eigenvalue weighted by Crippen LogP contribution is -2.50. The number of amides is 1. The van der Waals surface area contributed by atoms with Gasteiger partial charge >= 0.3 is 0 Å². The van der Waals surface area contributed by atoms with Crippen LogP contribution in [0.15, 0.2) is 70.2 Å². The van der Waals surface area contributed by atoms with Crippen molar-refractivity contribution in [2.75, 3.05) is 26.2 Å². The van der Waals surface area contributed by atoms with E-state index in [4.69, 9.17) is 4.42 Å². The number of hydrogen-bond donors (Lipinski definition) is 0. The fourth-order valence-corrected chi connectivity index (χ4v) is 5.45. The molecule has 0 saturated carbocycles. The molecule has 1 aliphatic heterocycles. The van der Waals surface area contributed by atoms with Crippen LogP contribution in [0.3, 0.4) is 0 Å². The summed E-state index contributed by atoms with van der Waals surface area (Å²) in [4.78, 5) is 15.0. The van der Waals surface area contributed by atoms with Crippen LogP contribution in [-0.2, 0) is 10.0 Å². The zero-order valence-electron chi connectivity index (χ0n) is 17.0. The van der Waals surface area contributed by atoms with Crippen LogP contribution in [0.4, 0.5) is 0 Å². The van der Waals surface area contributed by atoms with Crippen LogP contribution in [-0.4, -0.2) is 49.7 Å². The molecule has 2 aromatic carbocycles. The molecule has 30 heavy (non-hydrogen) atoms. The third-order valence-electron chi connectivity index (χ3n) is 5.43. The van der Waals surface area contributed by atoms with Crippen molar-refractivity contribution >= 4 is 15.9 Å². The Kier molecular flexibility index (Phi) is 5.49. The molecule has 4 rings (SSSR count). The van der Waals surface area contributed by atoms with Gasteiger partial charge < -0.3 is 9.32 Å². The van der Waals surface area contributed by atoms with E-state index in [1.165, 1.54) is 10.6 Å². The van der Waals surface area contributed by atoms with Crippen LogP contribution < -0.4 is 0 Å². The highest BCUT2D eigenvalue weighted by Crippen LogP contribution is 2.27. The summed E-state index contributed by atoms with van der Waals surface area (Å²) < 4.78 is 33.2. The third-order valence-corrected chi connectivity index (χ3v) is 7.47. The molecule has 0 N–H and O–H groups in total. The van der Waals surface area contributed by atoms with Crippen molar-refractivity contribution in [3.8, 4) is 11.1 Å². The quantitative estimate of drug-likeness (QED) is 0.640. The van der Waals surface area contributed by atoms with Crippen molar-refractivity contribution in [2.24, 2.45) is 0 Å². The number of aryl methyl sites for hydroxylation is 2. The first kappa shape index (κ1) is 20.4. The predicted molar refractivity (Wildman–Crippen MR) is 115 cm³/mol. The Hall–Kier alpha value is -2.90. The molecule has 3 aromatic rings. The van der Waals surface area contributed by atoms with Crippen molar-refractivity contribution in [2.45, 2.75) is 18.7 Å². The molecule has 0 unspecified atom stereocenters. The number of hydrogen-bond acceptors (Lipinski definition) is 4. The Morgan fingerprint density at radius 1 is 0.933 bits per heavy atom. The van der Waals surface area contributed by atoms with E-state index in [0.717, 1.165) is 22.3 Å². The molecule has 1 saturated heterocycles. The van der Waals surface area contributed by atoms with Gasteiger partial charge in [0.25, 0.3) is 5.91 Å². The van der Waals surface area contributed by atoms with Gasteiger partial charge in [-0.05, 0) is 42.7 Å². The normalized spacial score (nSPS) is 15.3. The summed E-state index contributed by atoms with van der Waals surface area (Å²) in [5, 5.41) is 0. The summed E-state index contributed by atoms with van der Waals surface area (Å²) in [5.74, 6) is 0.0645. The zero-order valence-corrected chi connectivity index (χ0v) is 17.9. The van der Waals surface area contributed by atoms with Crippen molar-refractivity contribution < 1.29 is 17.6 Å². The summed E-state index contributed by atoms with van der Waals surface area (Å²) in [6, 6.07) is 16.8. The summed E-state index contributed by atoms with van der Waals surface area (Å²) in [5.41, 5.74) is 3.28. The van der Waals surface area contributed by atoms with E-state index in [2.05, 4.69) is 0 Å². The molecule has 0 bridgehead atoms. The van der Waals surface area contributed by atoms with Gasteiger partial charge in [-0.1, -0.05) is 42.5 Å². The lowest BCUT2D eigenvalue weighted by molar-refractivity contribution is 0.0667. The van der Waals surface area contributed by atoms with Gasteiger partial charge in [0.1, 0.15) is 0 Å². The summed E-state index contributed by atoms with van der Waals surface area (Å²) in [7, 11) is -3.60. The van der Waals surface area contributed by atoms with Gasteiger partial charge in [0, 0.05) is 31.7 Å². The van der Waals surface area contributed by atoms with E-state index < -0.39 is 10.0 Å². The molecule has 0 radical (unpaired) electrons. The fourth-order valence-electron chi connectivity index (χ4n) is 3.72. The first-order chi connectivity index (χ1) is 14.4. The van der Waals surface area contributed by atoms with Gasteiger partial charge in [-0.2, -0.15) is 4.31 Å². The average Bonchev–Trinajstić information content (AvgIpc) is 3.25. The first-order valence-electron chi connectivity index (χ1n) is 9.87. The molecule has 7 heteroatoms. The molecule has 156 valence electrons. The maximum atomic E-state index is 13.1. The van der Waals surface area contributed by atoms with Crippen LogP contribution in [0.2, 0.25) is 0 Å². The van der Waals surface area contributed by atoms with E-state index in [1.807, 2.05) is 49.4 Å². The van der Waals surface area contributed by atoms with Crippen LogP contribution in [0.1, 0.15) is 21.7 Å². The second kappa shape index (κ2) is 8.08. The molecule has 6 nitrogen and oxygen atoms in total. The molecule has 1 amide bonds. The number of furan rings is 1. The maximum absolute atomic E-state index is 13.1. The van der Waals surface area contributed by atoms with E-state index >= 15 is 0 Å². The van der Waals surface area contributed by atoms with Crippen molar-refractivity contribution in [1.82, 2.24) is 9.21 Å². The van der Waals surface area contributed by atoms with Crippen molar-refractivity contribution in [3.63, 3.8) is 0 Å². The molecule has 2 heterocycles. The number of carbonyl (C=O) groups excluding carboxylic acids is 1. The summed E-state index contributed by atoms with van der Waals surface area (Å²) in [6.07, 6.45) is 1.51. The molecule has 1 aromatic heterocycles. The standard InChI is InChI=1S/C23H24N2O4S/c1-17-8-9-18(2)21(16-17)30(27,28)25-13-11-24(12-14-25)23(26)22-20(10-15-29-22)19-6-4-3-5-7-19/h3-10,15-16H,11-14H2,1-2H3. The topological polar surface area (TPSA) is 70.8 Å². The van der Waals surface area contributed by atoms with Gasteiger partial charge in [0.05, 0.1) is 11.2 Å². The first-order valence-corrected chi connectivity index (χ1v) is 11.3. The van der Waals surface area contributed by atoms with Crippen molar-refractivity contribution in [1.29, 1.82) is 0 Å². The third kappa shape index (κ3) is 3.78. The van der Waals surface area contributed by atoms with E-state index in [9.17, 15) is 13.2 Å². The van der Waals surface area contributed by atoms with Gasteiger partial charge in [0.2, 0.25) is 10.0 Å². The smallest absolute Gasteiger partial charge is 0.290 e. The minimum Gasteiger partial charge on any atom is -0.459 e. The number of sulfonamides is 1. The molecule has 0 aliphatic carbocycles. The second-order valence-corrected chi connectivity index (χ2v) is 9.40. The van der Waals surface area contributed by atoms with Gasteiger partial charge in [0.15, 0.2) is 5.76 Å². The zero-order chi connectivity index (χ0) is 21.3. The predicted octanol–water partition coefficient (Wildman–Crippen LogP) is 3.71. The van der Waals surface area contributed by atoms with Crippen LogP contribution in [0.5, 0.6) is 0 Å². The van der Waals surface area contributed by atoms with Crippen LogP contribution in [0, 0.1) is 13.8 Å². The molecule has 0 spiro atoms. The monoisotopic (exact) mass is 424 g/mol. The van der Waals surface area contributed by atoms with E-state index in [1.54, 1.807) is 24.0 Å². The number of carbonyl (C=O) groups is 1. The molecule has 0 atom stereocenters. The lowest BCUT2D eigenvalue weighted by Gasteiger charge is -2.34. The Bertz CT molecular complexity index is 1160. The number of benzene rings is 2. The molecular formula is C23H24N2O4S. The highest BCUT2D eigenvalue weighted by atomic mass is 32.2. The lowest BCUT2D eigenvalue weighted by atomic mass is 10.1. The summed E-state index contributed by atoms with van der Waals surface area (Å²) in [6.45, 7) is 4.82. The highest BCUT2D eigenvalue weighted by Gasteiger charge is 2.32. The summed E-state index contributed by atoms with van der Waals surface area (Å²) >= 11 is 0. The molecule has 1 fully saturated rings.